The molecule has 1 aromatic heterocycles. The number of hydrogen-bond acceptors (Lipinski definition) is 5. The van der Waals surface area contributed by atoms with E-state index in [0.29, 0.717) is 17.8 Å². The third kappa shape index (κ3) is 4.44. The molecule has 4 saturated heterocycles. The molecule has 2 atom stereocenters. The molecule has 0 saturated carbocycles. The highest BCUT2D eigenvalue weighted by atomic mass is 16.2. The highest BCUT2D eigenvalue weighted by Gasteiger charge is 2.37. The lowest BCUT2D eigenvalue weighted by Crippen LogP contribution is -2.49. The van der Waals surface area contributed by atoms with Crippen molar-refractivity contribution in [2.24, 2.45) is 5.92 Å². The topological polar surface area (TPSA) is 52.6 Å². The van der Waals surface area contributed by atoms with Crippen molar-refractivity contribution in [1.29, 1.82) is 0 Å². The zero-order valence-corrected chi connectivity index (χ0v) is 17.3. The van der Waals surface area contributed by atoms with E-state index >= 15 is 0 Å². The van der Waals surface area contributed by atoms with Gasteiger partial charge in [-0.15, -0.1) is 0 Å². The fraction of sp³-hybridized carbons (Fsp3) is 0.682. The van der Waals surface area contributed by atoms with Gasteiger partial charge < -0.3 is 4.90 Å². The molecular weight excluding hydrogens is 350 g/mol. The second-order valence-corrected chi connectivity index (χ2v) is 8.90. The van der Waals surface area contributed by atoms with E-state index in [0.717, 1.165) is 38.4 Å². The lowest BCUT2D eigenvalue weighted by atomic mass is 9.95. The second-order valence-electron chi connectivity index (χ2n) is 8.90. The Balaban J connectivity index is 1.34. The smallest absolute Gasteiger partial charge is 0.274 e. The van der Waals surface area contributed by atoms with Gasteiger partial charge in [-0.25, -0.2) is 4.98 Å². The fourth-order valence-electron chi connectivity index (χ4n) is 5.04. The molecule has 4 aliphatic heterocycles. The van der Waals surface area contributed by atoms with Gasteiger partial charge in [0.25, 0.3) is 5.91 Å². The number of carbonyl (C=O) groups excluding carboxylic acids is 1. The number of fused-ring (bicyclic) bond motifs is 4. The van der Waals surface area contributed by atoms with Gasteiger partial charge in [-0.2, -0.15) is 0 Å². The summed E-state index contributed by atoms with van der Waals surface area (Å²) in [7, 11) is 0. The van der Waals surface area contributed by atoms with Gasteiger partial charge in [0, 0.05) is 63.7 Å². The maximum Gasteiger partial charge on any atom is 0.274 e. The maximum absolute atomic E-state index is 12.6. The van der Waals surface area contributed by atoms with Crippen LogP contribution in [0, 0.1) is 5.92 Å². The van der Waals surface area contributed by atoms with Crippen molar-refractivity contribution in [3.63, 3.8) is 0 Å². The van der Waals surface area contributed by atoms with Crippen molar-refractivity contribution in [3.05, 3.63) is 35.9 Å². The molecule has 28 heavy (non-hydrogen) atoms. The number of rotatable bonds is 4. The van der Waals surface area contributed by atoms with Crippen molar-refractivity contribution < 1.29 is 4.79 Å². The van der Waals surface area contributed by atoms with Crippen LogP contribution in [0.1, 0.15) is 50.0 Å². The van der Waals surface area contributed by atoms with Gasteiger partial charge in [-0.3, -0.25) is 19.6 Å². The zero-order chi connectivity index (χ0) is 19.5. The first-order chi connectivity index (χ1) is 13.6. The van der Waals surface area contributed by atoms with Crippen molar-refractivity contribution in [3.8, 4) is 0 Å². The van der Waals surface area contributed by atoms with E-state index in [9.17, 15) is 4.79 Å². The number of carbonyl (C=O) groups is 1. The molecule has 0 aliphatic carbocycles. The molecule has 152 valence electrons. The molecule has 5 rings (SSSR count). The Morgan fingerprint density at radius 1 is 1.07 bits per heavy atom. The largest absolute Gasteiger partial charge is 0.337 e. The number of piperidine rings is 2. The first-order valence-electron chi connectivity index (χ1n) is 10.8. The van der Waals surface area contributed by atoms with E-state index < -0.39 is 0 Å². The van der Waals surface area contributed by atoms with Crippen LogP contribution in [0.25, 0.3) is 0 Å². The quantitative estimate of drug-likeness (QED) is 0.748. The highest BCUT2D eigenvalue weighted by Crippen LogP contribution is 2.31. The Hall–Kier alpha value is -1.79. The average molecular weight is 384 g/mol. The Morgan fingerprint density at radius 2 is 1.89 bits per heavy atom. The van der Waals surface area contributed by atoms with Crippen LogP contribution >= 0.6 is 0 Å². The Labute approximate surface area is 168 Å². The molecular formula is C22H33N5O. The van der Waals surface area contributed by atoms with Crippen LogP contribution in [-0.2, 0) is 0 Å². The van der Waals surface area contributed by atoms with Gasteiger partial charge in [0.1, 0.15) is 5.69 Å². The van der Waals surface area contributed by atoms with E-state index in [4.69, 9.17) is 0 Å². The number of likely N-dealkylation sites (tertiary alicyclic amines) is 1. The molecule has 5 heterocycles. The van der Waals surface area contributed by atoms with Crippen molar-refractivity contribution in [1.82, 2.24) is 24.7 Å². The van der Waals surface area contributed by atoms with Gasteiger partial charge >= 0.3 is 0 Å². The molecule has 0 spiro atoms. The van der Waals surface area contributed by atoms with Gasteiger partial charge in [0.15, 0.2) is 0 Å². The van der Waals surface area contributed by atoms with Gasteiger partial charge in [0.05, 0.1) is 6.20 Å². The summed E-state index contributed by atoms with van der Waals surface area (Å²) in [6.07, 6.45) is 12.0. The monoisotopic (exact) mass is 383 g/mol. The molecule has 6 heteroatoms. The summed E-state index contributed by atoms with van der Waals surface area (Å²) in [5.74, 6) is 0.818. The van der Waals surface area contributed by atoms with E-state index in [1.165, 1.54) is 38.0 Å². The summed E-state index contributed by atoms with van der Waals surface area (Å²) >= 11 is 0. The van der Waals surface area contributed by atoms with E-state index in [-0.39, 0.29) is 5.91 Å². The van der Waals surface area contributed by atoms with Crippen molar-refractivity contribution >= 4 is 5.91 Å². The van der Waals surface area contributed by atoms with Crippen LogP contribution in [-0.4, -0.2) is 81.9 Å². The number of allylic oxidation sites excluding steroid dienone is 1. The van der Waals surface area contributed by atoms with Crippen LogP contribution in [0.4, 0.5) is 0 Å². The van der Waals surface area contributed by atoms with Gasteiger partial charge in [0.2, 0.25) is 0 Å². The molecule has 6 nitrogen and oxygen atoms in total. The number of hydrogen-bond donors (Lipinski definition) is 0. The zero-order valence-electron chi connectivity index (χ0n) is 17.3. The van der Waals surface area contributed by atoms with E-state index in [1.807, 2.05) is 4.90 Å². The number of nitrogens with zero attached hydrogens (tertiary/aromatic N) is 5. The molecule has 1 amide bonds. The molecule has 1 aromatic rings. The maximum atomic E-state index is 12.6. The van der Waals surface area contributed by atoms with E-state index in [2.05, 4.69) is 39.7 Å². The number of amides is 1. The minimum atomic E-state index is 0.0235. The molecule has 0 N–H and O–H groups in total. The van der Waals surface area contributed by atoms with Crippen molar-refractivity contribution in [2.75, 3.05) is 39.3 Å². The normalized spacial score (nSPS) is 26.9. The molecule has 4 fully saturated rings. The lowest BCUT2D eigenvalue weighted by molar-refractivity contribution is 0.0600. The molecule has 2 bridgehead atoms. The number of aromatic nitrogens is 2. The highest BCUT2D eigenvalue weighted by molar-refractivity contribution is 5.92. The van der Waals surface area contributed by atoms with Crippen LogP contribution in [0.5, 0.6) is 0 Å². The average Bonchev–Trinajstić information content (AvgIpc) is 3.04. The van der Waals surface area contributed by atoms with E-state index in [1.54, 1.807) is 18.6 Å². The summed E-state index contributed by atoms with van der Waals surface area (Å²) in [5, 5.41) is 0. The lowest BCUT2D eigenvalue weighted by Gasteiger charge is -2.39. The molecule has 4 aliphatic rings. The summed E-state index contributed by atoms with van der Waals surface area (Å²) in [6, 6.07) is 1.30. The Bertz CT molecular complexity index is 694. The second kappa shape index (κ2) is 8.70. The van der Waals surface area contributed by atoms with Gasteiger partial charge in [-0.1, -0.05) is 11.6 Å². The standard InChI is InChI=1S/C22H33N5O/c1-17(2)5-10-26-14-18-3-4-20(26)16-27(15-18)19-6-11-25(12-7-19)22(28)21-13-23-8-9-24-21/h5,8-9,13,18-20H,3-4,6-7,10-12,14-16H2,1-2H3/t18-,20-/m1/s1. The predicted molar refractivity (Wildman–Crippen MR) is 110 cm³/mol. The van der Waals surface area contributed by atoms with Crippen molar-refractivity contribution in [2.45, 2.75) is 51.6 Å². The summed E-state index contributed by atoms with van der Waals surface area (Å²) in [6.45, 7) is 10.8. The molecule has 0 radical (unpaired) electrons. The minimum absolute atomic E-state index is 0.0235. The fourth-order valence-corrected chi connectivity index (χ4v) is 5.04. The summed E-state index contributed by atoms with van der Waals surface area (Å²) < 4.78 is 0. The first-order valence-corrected chi connectivity index (χ1v) is 10.8. The first kappa shape index (κ1) is 19.5. The summed E-state index contributed by atoms with van der Waals surface area (Å²) in [5.41, 5.74) is 1.88. The summed E-state index contributed by atoms with van der Waals surface area (Å²) in [4.78, 5) is 28.2. The van der Waals surface area contributed by atoms with Crippen LogP contribution in [0.15, 0.2) is 30.2 Å². The predicted octanol–water partition coefficient (Wildman–Crippen LogP) is 2.44. The van der Waals surface area contributed by atoms with Crippen LogP contribution < -0.4 is 0 Å². The third-order valence-corrected chi connectivity index (χ3v) is 6.64. The van der Waals surface area contributed by atoms with Gasteiger partial charge in [-0.05, 0) is 45.4 Å². The minimum Gasteiger partial charge on any atom is -0.337 e. The Kier molecular flexibility index (Phi) is 6.07. The third-order valence-electron chi connectivity index (χ3n) is 6.64. The SMILES string of the molecule is CC(C)=CCN1C[C@H]2CC[C@@H]1CN(C1CCN(C(=O)c3cnccn3)CC1)C2. The van der Waals surface area contributed by atoms with Crippen LogP contribution in [0.2, 0.25) is 0 Å². The molecule has 0 aromatic carbocycles. The van der Waals surface area contributed by atoms with Crippen LogP contribution in [0.3, 0.4) is 0 Å². The Morgan fingerprint density at radius 3 is 2.61 bits per heavy atom. The molecule has 0 unspecified atom stereocenters.